The van der Waals surface area contributed by atoms with E-state index < -0.39 is 0 Å². The summed E-state index contributed by atoms with van der Waals surface area (Å²) in [6.45, 7) is 9.32. The van der Waals surface area contributed by atoms with Gasteiger partial charge in [-0.15, -0.1) is 0 Å². The van der Waals surface area contributed by atoms with Crippen LogP contribution in [0.15, 0.2) is 25.0 Å². The highest BCUT2D eigenvalue weighted by atomic mass is 16.5. The number of carbonyl (C=O) groups excluding carboxylic acids is 1. The molecule has 0 radical (unpaired) electrons. The third-order valence-electron chi connectivity index (χ3n) is 1.11. The van der Waals surface area contributed by atoms with Gasteiger partial charge in [0.1, 0.15) is 0 Å². The summed E-state index contributed by atoms with van der Waals surface area (Å²) < 4.78 is 9.62. The van der Waals surface area contributed by atoms with Gasteiger partial charge >= 0.3 is 5.97 Å². The Balaban J connectivity index is 3.25. The molecule has 0 heterocycles. The van der Waals surface area contributed by atoms with Crippen LogP contribution in [0, 0.1) is 0 Å². The first kappa shape index (κ1) is 10.8. The van der Waals surface area contributed by atoms with E-state index in [0.29, 0.717) is 25.2 Å². The zero-order valence-electron chi connectivity index (χ0n) is 7.34. The van der Waals surface area contributed by atoms with E-state index in [4.69, 9.17) is 9.47 Å². The molecule has 0 bridgehead atoms. The maximum absolute atomic E-state index is 10.8. The molecule has 0 fully saturated rings. The van der Waals surface area contributed by atoms with Crippen LogP contribution in [0.5, 0.6) is 0 Å². The van der Waals surface area contributed by atoms with E-state index in [1.165, 1.54) is 6.26 Å². The summed E-state index contributed by atoms with van der Waals surface area (Å²) in [7, 11) is 0. The molecule has 0 aromatic carbocycles. The molecule has 3 heteroatoms. The van der Waals surface area contributed by atoms with Crippen LogP contribution in [0.1, 0.15) is 13.3 Å². The number of esters is 1. The van der Waals surface area contributed by atoms with Gasteiger partial charge in [-0.1, -0.05) is 13.2 Å². The minimum Gasteiger partial charge on any atom is -0.502 e. The van der Waals surface area contributed by atoms with Crippen molar-refractivity contribution >= 4 is 5.97 Å². The first-order chi connectivity index (χ1) is 5.68. The van der Waals surface area contributed by atoms with E-state index in [-0.39, 0.29) is 5.97 Å². The molecule has 0 aromatic heterocycles. The highest BCUT2D eigenvalue weighted by Gasteiger charge is 2.01. The van der Waals surface area contributed by atoms with Crippen molar-refractivity contribution in [2.75, 3.05) is 13.2 Å². The molecule has 0 amide bonds. The van der Waals surface area contributed by atoms with Crippen LogP contribution in [0.2, 0.25) is 0 Å². The molecule has 12 heavy (non-hydrogen) atoms. The van der Waals surface area contributed by atoms with Gasteiger partial charge in [-0.2, -0.15) is 0 Å². The van der Waals surface area contributed by atoms with Gasteiger partial charge in [0.25, 0.3) is 0 Å². The van der Waals surface area contributed by atoms with Crippen LogP contribution >= 0.6 is 0 Å². The van der Waals surface area contributed by atoms with E-state index in [9.17, 15) is 4.79 Å². The molecular weight excluding hydrogens is 156 g/mol. The maximum Gasteiger partial charge on any atom is 0.333 e. The molecule has 0 rings (SSSR count). The molecule has 0 aliphatic carbocycles. The van der Waals surface area contributed by atoms with E-state index >= 15 is 0 Å². The lowest BCUT2D eigenvalue weighted by Crippen LogP contribution is -2.07. The Bertz CT molecular complexity index is 173. The Labute approximate surface area is 72.7 Å². The van der Waals surface area contributed by atoms with Crippen molar-refractivity contribution in [1.82, 2.24) is 0 Å². The SMILES string of the molecule is C=COCCCOC(=O)C(=C)C. The fourth-order valence-corrected chi connectivity index (χ4v) is 0.514. The predicted octanol–water partition coefficient (Wildman–Crippen LogP) is 1.66. The van der Waals surface area contributed by atoms with Gasteiger partial charge in [-0.05, 0) is 6.92 Å². The van der Waals surface area contributed by atoms with Crippen LogP contribution in [-0.4, -0.2) is 19.2 Å². The monoisotopic (exact) mass is 170 g/mol. The van der Waals surface area contributed by atoms with E-state index in [1.54, 1.807) is 6.92 Å². The standard InChI is InChI=1S/C9H14O3/c1-4-11-6-5-7-12-9(10)8(2)3/h4H,1-2,5-7H2,3H3. The minimum absolute atomic E-state index is 0.353. The summed E-state index contributed by atoms with van der Waals surface area (Å²) in [4.78, 5) is 10.8. The molecule has 3 nitrogen and oxygen atoms in total. The Morgan fingerprint density at radius 2 is 2.17 bits per heavy atom. The molecule has 0 atom stereocenters. The van der Waals surface area contributed by atoms with Crippen LogP contribution in [0.25, 0.3) is 0 Å². The topological polar surface area (TPSA) is 35.5 Å². The van der Waals surface area contributed by atoms with Crippen LogP contribution in [0.3, 0.4) is 0 Å². The van der Waals surface area contributed by atoms with Gasteiger partial charge in [0.15, 0.2) is 0 Å². The molecule has 0 N–H and O–H groups in total. The number of hydrogen-bond donors (Lipinski definition) is 0. The smallest absolute Gasteiger partial charge is 0.333 e. The average molecular weight is 170 g/mol. The first-order valence-electron chi connectivity index (χ1n) is 3.73. The van der Waals surface area contributed by atoms with E-state index in [0.717, 1.165) is 0 Å². The molecule has 0 aliphatic heterocycles. The molecule has 0 aliphatic rings. The van der Waals surface area contributed by atoms with Crippen molar-refractivity contribution in [3.8, 4) is 0 Å². The quantitative estimate of drug-likeness (QED) is 0.263. The van der Waals surface area contributed by atoms with Gasteiger partial charge in [-0.3, -0.25) is 0 Å². The summed E-state index contributed by atoms with van der Waals surface area (Å²) in [6.07, 6.45) is 2.03. The van der Waals surface area contributed by atoms with Crippen molar-refractivity contribution < 1.29 is 14.3 Å². The van der Waals surface area contributed by atoms with Crippen molar-refractivity contribution in [2.45, 2.75) is 13.3 Å². The summed E-state index contributed by atoms with van der Waals surface area (Å²) in [5.74, 6) is -0.353. The molecule has 0 unspecified atom stereocenters. The van der Waals surface area contributed by atoms with E-state index in [1.807, 2.05) is 0 Å². The lowest BCUT2D eigenvalue weighted by molar-refractivity contribution is -0.139. The van der Waals surface area contributed by atoms with Gasteiger partial charge in [0.05, 0.1) is 19.5 Å². The van der Waals surface area contributed by atoms with Crippen LogP contribution in [0.4, 0.5) is 0 Å². The molecule has 0 saturated carbocycles. The molecule has 0 spiro atoms. The Morgan fingerprint density at radius 1 is 1.50 bits per heavy atom. The van der Waals surface area contributed by atoms with Gasteiger partial charge in [0, 0.05) is 12.0 Å². The van der Waals surface area contributed by atoms with Crippen molar-refractivity contribution in [1.29, 1.82) is 0 Å². The normalized spacial score (nSPS) is 8.75. The van der Waals surface area contributed by atoms with E-state index in [2.05, 4.69) is 13.2 Å². The first-order valence-corrected chi connectivity index (χ1v) is 3.73. The number of carbonyl (C=O) groups is 1. The zero-order valence-corrected chi connectivity index (χ0v) is 7.34. The third kappa shape index (κ3) is 5.53. The number of rotatable bonds is 6. The fraction of sp³-hybridized carbons (Fsp3) is 0.444. The van der Waals surface area contributed by atoms with Gasteiger partial charge in [0.2, 0.25) is 0 Å². The molecular formula is C9H14O3. The molecule has 68 valence electrons. The Kier molecular flexibility index (Phi) is 5.79. The maximum atomic E-state index is 10.8. The molecule has 0 aromatic rings. The van der Waals surface area contributed by atoms with Crippen LogP contribution in [-0.2, 0) is 14.3 Å². The highest BCUT2D eigenvalue weighted by molar-refractivity contribution is 5.86. The second kappa shape index (κ2) is 6.46. The lowest BCUT2D eigenvalue weighted by Gasteiger charge is -2.03. The number of ether oxygens (including phenoxy) is 2. The van der Waals surface area contributed by atoms with Crippen LogP contribution < -0.4 is 0 Å². The van der Waals surface area contributed by atoms with Crippen molar-refractivity contribution in [2.24, 2.45) is 0 Å². The zero-order chi connectivity index (χ0) is 9.40. The molecule has 0 saturated heterocycles. The Hall–Kier alpha value is -1.25. The van der Waals surface area contributed by atoms with Gasteiger partial charge in [-0.25, -0.2) is 4.79 Å². The second-order valence-electron chi connectivity index (χ2n) is 2.31. The summed E-state index contributed by atoms with van der Waals surface area (Å²) in [5, 5.41) is 0. The van der Waals surface area contributed by atoms with Crippen molar-refractivity contribution in [3.05, 3.63) is 25.0 Å². The Morgan fingerprint density at radius 3 is 2.67 bits per heavy atom. The summed E-state index contributed by atoms with van der Waals surface area (Å²) in [6, 6.07) is 0. The number of hydrogen-bond acceptors (Lipinski definition) is 3. The fourth-order valence-electron chi connectivity index (χ4n) is 0.514. The largest absolute Gasteiger partial charge is 0.502 e. The lowest BCUT2D eigenvalue weighted by atomic mass is 10.4. The average Bonchev–Trinajstić information content (AvgIpc) is 2.03. The highest BCUT2D eigenvalue weighted by Crippen LogP contribution is 1.93. The third-order valence-corrected chi connectivity index (χ3v) is 1.11. The summed E-state index contributed by atoms with van der Waals surface area (Å²) >= 11 is 0. The van der Waals surface area contributed by atoms with Crippen molar-refractivity contribution in [3.63, 3.8) is 0 Å². The van der Waals surface area contributed by atoms with Gasteiger partial charge < -0.3 is 9.47 Å². The predicted molar refractivity (Wildman–Crippen MR) is 46.5 cm³/mol. The second-order valence-corrected chi connectivity index (χ2v) is 2.31. The summed E-state index contributed by atoms with van der Waals surface area (Å²) in [5.41, 5.74) is 0.416. The minimum atomic E-state index is -0.353.